The van der Waals surface area contributed by atoms with Crippen molar-refractivity contribution in [1.29, 1.82) is 0 Å². The third-order valence-electron chi connectivity index (χ3n) is 4.60. The fourth-order valence-electron chi connectivity index (χ4n) is 3.23. The van der Waals surface area contributed by atoms with Gasteiger partial charge in [-0.15, -0.1) is 12.4 Å². The van der Waals surface area contributed by atoms with Gasteiger partial charge in [0.1, 0.15) is 5.58 Å². The number of benzene rings is 1. The van der Waals surface area contributed by atoms with E-state index >= 15 is 0 Å². The number of hydrogen-bond acceptors (Lipinski definition) is 4. The summed E-state index contributed by atoms with van der Waals surface area (Å²) >= 11 is 0. The molecule has 0 spiro atoms. The lowest BCUT2D eigenvalue weighted by Gasteiger charge is -2.27. The number of carbonyl (C=O) groups is 1. The summed E-state index contributed by atoms with van der Waals surface area (Å²) in [5, 5.41) is 7.10. The second-order valence-electron chi connectivity index (χ2n) is 6.32. The van der Waals surface area contributed by atoms with Crippen LogP contribution in [0.15, 0.2) is 39.5 Å². The van der Waals surface area contributed by atoms with E-state index in [0.29, 0.717) is 23.8 Å². The first-order valence-corrected chi connectivity index (χ1v) is 8.16. The summed E-state index contributed by atoms with van der Waals surface area (Å²) in [6.07, 6.45) is 2.82. The van der Waals surface area contributed by atoms with Crippen molar-refractivity contribution in [3.63, 3.8) is 0 Å². The molecule has 2 heterocycles. The summed E-state index contributed by atoms with van der Waals surface area (Å²) in [5.41, 5.74) is 0.887. The maximum atomic E-state index is 12.3. The Morgan fingerprint density at radius 2 is 2.04 bits per heavy atom. The second-order valence-corrected chi connectivity index (χ2v) is 6.32. The van der Waals surface area contributed by atoms with E-state index in [1.807, 2.05) is 6.07 Å². The van der Waals surface area contributed by atoms with Gasteiger partial charge in [0.25, 0.3) is 0 Å². The van der Waals surface area contributed by atoms with Crippen LogP contribution in [0.1, 0.15) is 26.2 Å². The number of anilines is 1. The Morgan fingerprint density at radius 1 is 1.29 bits per heavy atom. The zero-order chi connectivity index (χ0) is 16.2. The zero-order valence-corrected chi connectivity index (χ0v) is 14.5. The van der Waals surface area contributed by atoms with Crippen LogP contribution < -0.4 is 16.3 Å². The van der Waals surface area contributed by atoms with Crippen LogP contribution in [0.4, 0.5) is 5.69 Å². The Morgan fingerprint density at radius 3 is 2.79 bits per heavy atom. The lowest BCUT2D eigenvalue weighted by Crippen LogP contribution is -2.32. The minimum atomic E-state index is -0.370. The maximum Gasteiger partial charge on any atom is 0.336 e. The molecule has 2 N–H and O–H groups in total. The van der Waals surface area contributed by atoms with Crippen LogP contribution in [0.5, 0.6) is 0 Å². The number of hydrogen-bond donors (Lipinski definition) is 2. The number of piperidine rings is 1. The van der Waals surface area contributed by atoms with E-state index in [0.717, 1.165) is 37.0 Å². The maximum absolute atomic E-state index is 12.3. The standard InChI is InChI=1S/C18H22N2O3.ClH/c1-12(13-6-8-19-9-7-13)10-17(21)20-15-3-4-16-14(11-15)2-5-18(22)23-16;/h2-5,11-13,19H,6-10H2,1H3,(H,20,21);1H. The van der Waals surface area contributed by atoms with Crippen LogP contribution in [0.25, 0.3) is 11.0 Å². The van der Waals surface area contributed by atoms with E-state index < -0.39 is 0 Å². The summed E-state index contributed by atoms with van der Waals surface area (Å²) < 4.78 is 5.09. The molecule has 5 nitrogen and oxygen atoms in total. The Hall–Kier alpha value is -1.85. The van der Waals surface area contributed by atoms with Crippen LogP contribution in [-0.4, -0.2) is 19.0 Å². The molecule has 1 aromatic heterocycles. The molecule has 1 unspecified atom stereocenters. The highest BCUT2D eigenvalue weighted by molar-refractivity contribution is 5.93. The summed E-state index contributed by atoms with van der Waals surface area (Å²) in [7, 11) is 0. The highest BCUT2D eigenvalue weighted by Gasteiger charge is 2.22. The minimum absolute atomic E-state index is 0. The Balaban J connectivity index is 0.00000208. The molecule has 0 saturated carbocycles. The first kappa shape index (κ1) is 18.5. The molecular weight excluding hydrogens is 328 g/mol. The number of carbonyl (C=O) groups excluding carboxylic acids is 1. The topological polar surface area (TPSA) is 71.3 Å². The molecule has 1 saturated heterocycles. The molecule has 3 rings (SSSR count). The van der Waals surface area contributed by atoms with Gasteiger partial charge in [-0.05, 0) is 62.0 Å². The summed E-state index contributed by atoms with van der Waals surface area (Å²) in [6.45, 7) is 4.25. The molecule has 24 heavy (non-hydrogen) atoms. The van der Waals surface area contributed by atoms with Crippen molar-refractivity contribution in [1.82, 2.24) is 5.32 Å². The van der Waals surface area contributed by atoms with E-state index in [9.17, 15) is 9.59 Å². The van der Waals surface area contributed by atoms with Gasteiger partial charge in [0.2, 0.25) is 5.91 Å². The van der Waals surface area contributed by atoms with Gasteiger partial charge in [-0.2, -0.15) is 0 Å². The van der Waals surface area contributed by atoms with E-state index in [2.05, 4.69) is 17.6 Å². The van der Waals surface area contributed by atoms with E-state index in [4.69, 9.17) is 4.42 Å². The first-order chi connectivity index (χ1) is 11.1. The molecular formula is C18H23ClN2O3. The van der Waals surface area contributed by atoms with Gasteiger partial charge in [0.05, 0.1) is 0 Å². The highest BCUT2D eigenvalue weighted by Crippen LogP contribution is 2.25. The monoisotopic (exact) mass is 350 g/mol. The molecule has 0 bridgehead atoms. The molecule has 0 aliphatic carbocycles. The van der Waals surface area contributed by atoms with Crippen molar-refractivity contribution in [3.8, 4) is 0 Å². The average Bonchev–Trinajstić information content (AvgIpc) is 2.55. The summed E-state index contributed by atoms with van der Waals surface area (Å²) in [5.74, 6) is 1.04. The summed E-state index contributed by atoms with van der Waals surface area (Å²) in [4.78, 5) is 23.4. The molecule has 1 fully saturated rings. The van der Waals surface area contributed by atoms with E-state index in [1.165, 1.54) is 6.07 Å². The fourth-order valence-corrected chi connectivity index (χ4v) is 3.23. The molecule has 1 atom stereocenters. The van der Waals surface area contributed by atoms with Crippen LogP contribution in [0, 0.1) is 11.8 Å². The normalized spacial score (nSPS) is 16.4. The van der Waals surface area contributed by atoms with Gasteiger partial charge >= 0.3 is 5.63 Å². The van der Waals surface area contributed by atoms with E-state index in [1.54, 1.807) is 18.2 Å². The second kappa shape index (κ2) is 8.31. The van der Waals surface area contributed by atoms with Crippen molar-refractivity contribution in [2.24, 2.45) is 11.8 Å². The van der Waals surface area contributed by atoms with Crippen LogP contribution in [0.2, 0.25) is 0 Å². The summed E-state index contributed by atoms with van der Waals surface area (Å²) in [6, 6.07) is 8.38. The average molecular weight is 351 g/mol. The predicted octanol–water partition coefficient (Wildman–Crippen LogP) is 3.18. The number of nitrogens with one attached hydrogen (secondary N) is 2. The molecule has 6 heteroatoms. The quantitative estimate of drug-likeness (QED) is 0.831. The third-order valence-corrected chi connectivity index (χ3v) is 4.60. The lowest BCUT2D eigenvalue weighted by molar-refractivity contribution is -0.117. The van der Waals surface area contributed by atoms with E-state index in [-0.39, 0.29) is 23.9 Å². The molecule has 130 valence electrons. The number of amides is 1. The predicted molar refractivity (Wildman–Crippen MR) is 97.7 cm³/mol. The van der Waals surface area contributed by atoms with Crippen molar-refractivity contribution < 1.29 is 9.21 Å². The van der Waals surface area contributed by atoms with Gasteiger partial charge in [-0.3, -0.25) is 4.79 Å². The lowest BCUT2D eigenvalue weighted by atomic mass is 9.84. The SMILES string of the molecule is CC(CC(=O)Nc1ccc2oc(=O)ccc2c1)C1CCNCC1.Cl. The van der Waals surface area contributed by atoms with Gasteiger partial charge in [-0.1, -0.05) is 6.92 Å². The van der Waals surface area contributed by atoms with Crippen LogP contribution in [0.3, 0.4) is 0 Å². The van der Waals surface area contributed by atoms with Crippen molar-refractivity contribution >= 4 is 35.0 Å². The number of rotatable bonds is 4. The molecule has 0 radical (unpaired) electrons. The zero-order valence-electron chi connectivity index (χ0n) is 13.7. The van der Waals surface area contributed by atoms with Crippen LogP contribution >= 0.6 is 12.4 Å². The van der Waals surface area contributed by atoms with Crippen molar-refractivity contribution in [2.75, 3.05) is 18.4 Å². The van der Waals surface area contributed by atoms with Gasteiger partial charge in [-0.25, -0.2) is 4.79 Å². The Kier molecular flexibility index (Phi) is 6.40. The Labute approximate surface area is 147 Å². The minimum Gasteiger partial charge on any atom is -0.423 e. The van der Waals surface area contributed by atoms with Crippen molar-refractivity contribution in [3.05, 3.63) is 40.8 Å². The highest BCUT2D eigenvalue weighted by atomic mass is 35.5. The number of fused-ring (bicyclic) bond motifs is 1. The van der Waals surface area contributed by atoms with Crippen molar-refractivity contribution in [2.45, 2.75) is 26.2 Å². The third kappa shape index (κ3) is 4.58. The van der Waals surface area contributed by atoms with Gasteiger partial charge < -0.3 is 15.1 Å². The molecule has 1 aromatic carbocycles. The molecule has 2 aromatic rings. The molecule has 1 aliphatic heterocycles. The number of halogens is 1. The molecule has 1 amide bonds. The van der Waals surface area contributed by atoms with Gasteiger partial charge in [0, 0.05) is 23.6 Å². The fraction of sp³-hybridized carbons (Fsp3) is 0.444. The van der Waals surface area contributed by atoms with Gasteiger partial charge in [0.15, 0.2) is 0 Å². The largest absolute Gasteiger partial charge is 0.423 e. The Bertz CT molecular complexity index is 753. The smallest absolute Gasteiger partial charge is 0.336 e. The molecule has 1 aliphatic rings. The first-order valence-electron chi connectivity index (χ1n) is 8.16. The van der Waals surface area contributed by atoms with Crippen LogP contribution in [-0.2, 0) is 4.79 Å².